The van der Waals surface area contributed by atoms with Gasteiger partial charge in [-0.25, -0.2) is 4.79 Å². The highest BCUT2D eigenvalue weighted by molar-refractivity contribution is 5.95. The molecule has 0 aliphatic carbocycles. The Labute approximate surface area is 222 Å². The number of rotatable bonds is 7. The molecule has 1 aromatic heterocycles. The second kappa shape index (κ2) is 9.98. The zero-order valence-corrected chi connectivity index (χ0v) is 21.9. The van der Waals surface area contributed by atoms with Gasteiger partial charge in [0.05, 0.1) is 24.4 Å². The molecular weight excluding hydrogens is 476 g/mol. The lowest BCUT2D eigenvalue weighted by molar-refractivity contribution is 0.0698. The summed E-state index contributed by atoms with van der Waals surface area (Å²) >= 11 is 0. The highest BCUT2D eigenvalue weighted by atomic mass is 16.5. The van der Waals surface area contributed by atoms with Gasteiger partial charge in [-0.3, -0.25) is 0 Å². The Morgan fingerprint density at radius 1 is 1.08 bits per heavy atom. The normalized spacial score (nSPS) is 13.5. The van der Waals surface area contributed by atoms with Gasteiger partial charge in [-0.1, -0.05) is 36.9 Å². The van der Waals surface area contributed by atoms with Crippen molar-refractivity contribution in [3.63, 3.8) is 0 Å². The first kappa shape index (κ1) is 25.0. The van der Waals surface area contributed by atoms with E-state index in [9.17, 15) is 9.90 Å². The van der Waals surface area contributed by atoms with Crippen LogP contribution in [0.3, 0.4) is 0 Å². The largest absolute Gasteiger partial charge is 0.495 e. The number of anilines is 1. The van der Waals surface area contributed by atoms with E-state index in [-0.39, 0.29) is 11.6 Å². The van der Waals surface area contributed by atoms with Crippen LogP contribution in [0.2, 0.25) is 0 Å². The van der Waals surface area contributed by atoms with Crippen LogP contribution in [-0.4, -0.2) is 22.8 Å². The van der Waals surface area contributed by atoms with E-state index in [1.54, 1.807) is 25.3 Å². The average molecular weight is 507 g/mol. The fraction of sp³-hybridized carbons (Fsp3) is 0.156. The molecule has 0 fully saturated rings. The summed E-state index contributed by atoms with van der Waals surface area (Å²) in [7, 11) is 1.66. The number of nitrogens with one attached hydrogen (secondary N) is 1. The van der Waals surface area contributed by atoms with Crippen LogP contribution in [0.1, 0.15) is 52.5 Å². The molecule has 0 bridgehead atoms. The van der Waals surface area contributed by atoms with Crippen molar-refractivity contribution >= 4 is 23.0 Å². The number of aromatic carboxylic acids is 1. The third-order valence-corrected chi connectivity index (χ3v) is 6.90. The predicted molar refractivity (Wildman–Crippen MR) is 151 cm³/mol. The minimum Gasteiger partial charge on any atom is -0.495 e. The van der Waals surface area contributed by atoms with Crippen LogP contribution in [-0.2, 0) is 0 Å². The van der Waals surface area contributed by atoms with Crippen LogP contribution in [0.25, 0.3) is 17.0 Å². The highest BCUT2D eigenvalue weighted by Crippen LogP contribution is 2.45. The first-order valence-electron chi connectivity index (χ1n) is 12.4. The van der Waals surface area contributed by atoms with Gasteiger partial charge in [-0.15, -0.1) is 0 Å². The summed E-state index contributed by atoms with van der Waals surface area (Å²) in [5.74, 6) is 1.26. The topological polar surface area (TPSA) is 72.7 Å². The van der Waals surface area contributed by atoms with Crippen LogP contribution < -0.4 is 14.8 Å². The number of nitrogens with zero attached hydrogens (tertiary/aromatic N) is 1. The SMILES string of the molecule is C=C1C(C)=C(c2ccn(-c3ccccc3OC)c2)Oc2c1cc(C)cc2C(C)Nc1ccccc1C(=O)O. The van der Waals surface area contributed by atoms with Crippen LogP contribution >= 0.6 is 0 Å². The van der Waals surface area contributed by atoms with Crippen molar-refractivity contribution in [2.45, 2.75) is 26.8 Å². The number of carboxylic acid groups (broad SMARTS) is 1. The van der Waals surface area contributed by atoms with E-state index in [4.69, 9.17) is 9.47 Å². The van der Waals surface area contributed by atoms with E-state index in [1.165, 1.54) is 0 Å². The molecule has 1 atom stereocenters. The lowest BCUT2D eigenvalue weighted by atomic mass is 9.90. The van der Waals surface area contributed by atoms with Crippen LogP contribution in [0, 0.1) is 6.92 Å². The third-order valence-electron chi connectivity index (χ3n) is 6.90. The molecule has 6 nitrogen and oxygen atoms in total. The molecule has 0 saturated carbocycles. The number of aromatic nitrogens is 1. The molecule has 3 aromatic carbocycles. The van der Waals surface area contributed by atoms with Gasteiger partial charge in [0.2, 0.25) is 0 Å². The van der Waals surface area contributed by atoms with E-state index >= 15 is 0 Å². The molecule has 2 N–H and O–H groups in total. The van der Waals surface area contributed by atoms with Gasteiger partial charge in [0.25, 0.3) is 0 Å². The summed E-state index contributed by atoms with van der Waals surface area (Å²) in [4.78, 5) is 11.8. The number of methoxy groups -OCH3 is 1. The summed E-state index contributed by atoms with van der Waals surface area (Å²) < 4.78 is 14.2. The quantitative estimate of drug-likeness (QED) is 0.271. The van der Waals surface area contributed by atoms with Gasteiger partial charge in [0, 0.05) is 34.8 Å². The number of ether oxygens (including phenoxy) is 2. The molecule has 38 heavy (non-hydrogen) atoms. The van der Waals surface area contributed by atoms with Crippen LogP contribution in [0.4, 0.5) is 5.69 Å². The molecule has 0 spiro atoms. The molecule has 192 valence electrons. The smallest absolute Gasteiger partial charge is 0.337 e. The molecule has 1 aliphatic heterocycles. The number of benzene rings is 3. The molecule has 5 rings (SSSR count). The maximum Gasteiger partial charge on any atom is 0.337 e. The van der Waals surface area contributed by atoms with E-state index in [0.717, 1.165) is 56.3 Å². The number of hydrogen-bond acceptors (Lipinski definition) is 4. The fourth-order valence-corrected chi connectivity index (χ4v) is 4.88. The van der Waals surface area contributed by atoms with E-state index in [2.05, 4.69) is 24.0 Å². The van der Waals surface area contributed by atoms with Crippen molar-refractivity contribution in [2.24, 2.45) is 0 Å². The minimum absolute atomic E-state index is 0.223. The highest BCUT2D eigenvalue weighted by Gasteiger charge is 2.27. The van der Waals surface area contributed by atoms with Crippen molar-refractivity contribution in [1.29, 1.82) is 0 Å². The number of hydrogen-bond donors (Lipinski definition) is 2. The Morgan fingerprint density at radius 2 is 1.82 bits per heavy atom. The Bertz CT molecular complexity index is 1590. The zero-order valence-electron chi connectivity index (χ0n) is 21.9. The number of carbonyl (C=O) groups is 1. The zero-order chi connectivity index (χ0) is 27.0. The summed E-state index contributed by atoms with van der Waals surface area (Å²) in [6.07, 6.45) is 4.01. The number of aryl methyl sites for hydroxylation is 1. The Kier molecular flexibility index (Phi) is 6.55. The average Bonchev–Trinajstić information content (AvgIpc) is 3.40. The van der Waals surface area contributed by atoms with Gasteiger partial charge in [-0.05, 0) is 73.9 Å². The van der Waals surface area contributed by atoms with Crippen molar-refractivity contribution in [1.82, 2.24) is 4.57 Å². The Morgan fingerprint density at radius 3 is 2.58 bits per heavy atom. The lowest BCUT2D eigenvalue weighted by Gasteiger charge is -2.28. The van der Waals surface area contributed by atoms with Crippen LogP contribution in [0.5, 0.6) is 11.5 Å². The molecule has 6 heteroatoms. The van der Waals surface area contributed by atoms with Crippen molar-refractivity contribution < 1.29 is 19.4 Å². The van der Waals surface area contributed by atoms with E-state index in [1.807, 2.05) is 74.1 Å². The fourth-order valence-electron chi connectivity index (χ4n) is 4.88. The summed E-state index contributed by atoms with van der Waals surface area (Å²) in [5.41, 5.74) is 7.42. The second-order valence-corrected chi connectivity index (χ2v) is 9.46. The standard InChI is InChI=1S/C32H30N2O4/c1-19-16-25-20(2)21(3)30(23-14-15-34(18-23)28-12-8-9-13-29(28)37-5)38-31(25)26(17-19)22(4)33-27-11-7-6-10-24(27)32(35)36/h6-18,22,33H,2H2,1,3-5H3,(H,35,36). The van der Waals surface area contributed by atoms with Crippen molar-refractivity contribution in [2.75, 3.05) is 12.4 Å². The van der Waals surface area contributed by atoms with Gasteiger partial charge >= 0.3 is 5.97 Å². The van der Waals surface area contributed by atoms with E-state index in [0.29, 0.717) is 5.69 Å². The van der Waals surface area contributed by atoms with Gasteiger partial charge < -0.3 is 24.5 Å². The monoisotopic (exact) mass is 506 g/mol. The number of allylic oxidation sites excluding steroid dienone is 2. The Hall–Kier alpha value is -4.71. The van der Waals surface area contributed by atoms with Crippen molar-refractivity contribution in [3.05, 3.63) is 119 Å². The molecule has 4 aromatic rings. The van der Waals surface area contributed by atoms with E-state index < -0.39 is 5.97 Å². The summed E-state index contributed by atoms with van der Waals surface area (Å²) in [6.45, 7) is 10.5. The first-order valence-corrected chi connectivity index (χ1v) is 12.4. The maximum atomic E-state index is 11.8. The summed E-state index contributed by atoms with van der Waals surface area (Å²) in [6, 6.07) is 20.7. The summed E-state index contributed by atoms with van der Waals surface area (Å²) in [5, 5.41) is 13.0. The van der Waals surface area contributed by atoms with Gasteiger partial charge in [0.15, 0.2) is 0 Å². The lowest BCUT2D eigenvalue weighted by Crippen LogP contribution is -2.15. The van der Waals surface area contributed by atoms with Crippen molar-refractivity contribution in [3.8, 4) is 17.2 Å². The van der Waals surface area contributed by atoms with Gasteiger partial charge in [0.1, 0.15) is 17.3 Å². The van der Waals surface area contributed by atoms with Crippen LogP contribution in [0.15, 0.2) is 91.3 Å². The molecule has 0 amide bonds. The molecular formula is C32H30N2O4. The molecule has 1 unspecified atom stereocenters. The predicted octanol–water partition coefficient (Wildman–Crippen LogP) is 7.50. The third kappa shape index (κ3) is 4.45. The number of para-hydroxylation sites is 3. The number of fused-ring (bicyclic) bond motifs is 1. The molecule has 1 aliphatic rings. The first-order chi connectivity index (χ1) is 18.3. The van der Waals surface area contributed by atoms with Gasteiger partial charge in [-0.2, -0.15) is 0 Å². The number of carboxylic acids is 1. The minimum atomic E-state index is -0.975. The maximum absolute atomic E-state index is 11.8. The molecule has 2 heterocycles. The molecule has 0 radical (unpaired) electrons. The second-order valence-electron chi connectivity index (χ2n) is 9.46. The molecule has 0 saturated heterocycles. The Balaban J connectivity index is 1.53.